The minimum Gasteiger partial charge on any atom is -0.489 e. The largest absolute Gasteiger partial charge is 0.489 e. The Hall–Kier alpha value is -2.75. The molecule has 0 amide bonds. The minimum absolute atomic E-state index is 0.354. The molecule has 1 aromatic heterocycles. The van der Waals surface area contributed by atoms with E-state index in [0.717, 1.165) is 16.5 Å². The van der Waals surface area contributed by atoms with Crippen LogP contribution in [0.3, 0.4) is 0 Å². The number of rotatable bonds is 3. The summed E-state index contributed by atoms with van der Waals surface area (Å²) in [5, 5.41) is 0.908. The van der Waals surface area contributed by atoms with Gasteiger partial charge in [0.25, 0.3) is 0 Å². The van der Waals surface area contributed by atoms with E-state index >= 15 is 0 Å². The molecule has 2 aromatic carbocycles. The van der Waals surface area contributed by atoms with Gasteiger partial charge in [-0.15, -0.1) is 0 Å². The van der Waals surface area contributed by atoms with Crippen molar-refractivity contribution >= 4 is 16.7 Å². The number of hydrogen-bond acceptors (Lipinski definition) is 4. The first-order valence-corrected chi connectivity index (χ1v) is 6.63. The summed E-state index contributed by atoms with van der Waals surface area (Å²) in [4.78, 5) is 11.4. The van der Waals surface area contributed by atoms with E-state index < -0.39 is 0 Å². The van der Waals surface area contributed by atoms with Crippen molar-refractivity contribution in [3.63, 3.8) is 0 Å². The molecule has 3 aromatic rings. The van der Waals surface area contributed by atoms with Crippen molar-refractivity contribution in [1.29, 1.82) is 0 Å². The standard InChI is InChI=1S/C17H15NO3/c1-11-7-17(19)21-16-9-14(5-6-15(11)16)20-10-12-3-2-4-13(18)8-12/h2-9H,10,18H2,1H3. The van der Waals surface area contributed by atoms with Gasteiger partial charge in [-0.25, -0.2) is 4.79 Å². The Morgan fingerprint density at radius 3 is 2.81 bits per heavy atom. The first-order valence-electron chi connectivity index (χ1n) is 6.63. The number of ether oxygens (including phenoxy) is 1. The molecule has 4 heteroatoms. The summed E-state index contributed by atoms with van der Waals surface area (Å²) in [5.41, 5.74) is 8.49. The number of anilines is 1. The Balaban J connectivity index is 1.86. The van der Waals surface area contributed by atoms with Gasteiger partial charge in [0, 0.05) is 23.2 Å². The second kappa shape index (κ2) is 5.32. The third-order valence-corrected chi connectivity index (χ3v) is 3.28. The minimum atomic E-state index is -0.354. The summed E-state index contributed by atoms with van der Waals surface area (Å²) in [6.45, 7) is 2.29. The maximum atomic E-state index is 11.4. The fourth-order valence-electron chi connectivity index (χ4n) is 2.24. The Labute approximate surface area is 121 Å². The summed E-state index contributed by atoms with van der Waals surface area (Å²) in [6, 6.07) is 14.5. The number of hydrogen-bond donors (Lipinski definition) is 1. The molecule has 4 nitrogen and oxygen atoms in total. The van der Waals surface area contributed by atoms with Gasteiger partial charge in [-0.1, -0.05) is 12.1 Å². The molecule has 0 saturated heterocycles. The molecule has 0 saturated carbocycles. The highest BCUT2D eigenvalue weighted by molar-refractivity contribution is 5.81. The molecule has 0 spiro atoms. The van der Waals surface area contributed by atoms with Crippen molar-refractivity contribution in [3.8, 4) is 5.75 Å². The smallest absolute Gasteiger partial charge is 0.336 e. The Bertz CT molecular complexity index is 852. The van der Waals surface area contributed by atoms with Gasteiger partial charge in [0.05, 0.1) is 0 Å². The topological polar surface area (TPSA) is 65.5 Å². The molecule has 0 bridgehead atoms. The van der Waals surface area contributed by atoms with Crippen LogP contribution in [0.15, 0.2) is 57.7 Å². The molecule has 0 radical (unpaired) electrons. The molecule has 1 heterocycles. The van der Waals surface area contributed by atoms with Gasteiger partial charge in [0.15, 0.2) is 0 Å². The van der Waals surface area contributed by atoms with E-state index in [9.17, 15) is 4.79 Å². The lowest BCUT2D eigenvalue weighted by atomic mass is 10.1. The van der Waals surface area contributed by atoms with Crippen molar-refractivity contribution in [2.24, 2.45) is 0 Å². The lowest BCUT2D eigenvalue weighted by Gasteiger charge is -2.08. The van der Waals surface area contributed by atoms with E-state index in [1.54, 1.807) is 6.07 Å². The Morgan fingerprint density at radius 2 is 2.00 bits per heavy atom. The molecule has 21 heavy (non-hydrogen) atoms. The van der Waals surface area contributed by atoms with Crippen LogP contribution in [-0.4, -0.2) is 0 Å². The fraction of sp³-hybridized carbons (Fsp3) is 0.118. The highest BCUT2D eigenvalue weighted by atomic mass is 16.5. The number of nitrogens with two attached hydrogens (primary N) is 1. The van der Waals surface area contributed by atoms with Crippen molar-refractivity contribution in [3.05, 3.63) is 70.1 Å². The van der Waals surface area contributed by atoms with Crippen molar-refractivity contribution in [1.82, 2.24) is 0 Å². The van der Waals surface area contributed by atoms with Gasteiger partial charge in [-0.05, 0) is 42.3 Å². The Kier molecular flexibility index (Phi) is 3.36. The molecular formula is C17H15NO3. The molecular weight excluding hydrogens is 266 g/mol. The highest BCUT2D eigenvalue weighted by Crippen LogP contribution is 2.23. The number of fused-ring (bicyclic) bond motifs is 1. The molecule has 0 aliphatic rings. The van der Waals surface area contributed by atoms with Gasteiger partial charge < -0.3 is 14.9 Å². The lowest BCUT2D eigenvalue weighted by molar-refractivity contribution is 0.306. The third kappa shape index (κ3) is 2.89. The summed E-state index contributed by atoms with van der Waals surface area (Å²) < 4.78 is 10.9. The van der Waals surface area contributed by atoms with Crippen LogP contribution >= 0.6 is 0 Å². The van der Waals surface area contributed by atoms with Crippen LogP contribution in [0.2, 0.25) is 0 Å². The van der Waals surface area contributed by atoms with Crippen LogP contribution in [0.4, 0.5) is 5.69 Å². The predicted octanol–water partition coefficient (Wildman–Crippen LogP) is 3.26. The van der Waals surface area contributed by atoms with Crippen LogP contribution in [0, 0.1) is 6.92 Å². The van der Waals surface area contributed by atoms with Crippen LogP contribution in [0.1, 0.15) is 11.1 Å². The molecule has 0 aliphatic heterocycles. The zero-order valence-electron chi connectivity index (χ0n) is 11.6. The third-order valence-electron chi connectivity index (χ3n) is 3.28. The number of aryl methyl sites for hydroxylation is 1. The number of benzene rings is 2. The van der Waals surface area contributed by atoms with Crippen molar-refractivity contribution in [2.45, 2.75) is 13.5 Å². The fourth-order valence-corrected chi connectivity index (χ4v) is 2.24. The van der Waals surface area contributed by atoms with Crippen LogP contribution in [-0.2, 0) is 6.61 Å². The average molecular weight is 281 g/mol. The van der Waals surface area contributed by atoms with Gasteiger partial charge >= 0.3 is 5.63 Å². The molecule has 0 unspecified atom stereocenters. The summed E-state index contributed by atoms with van der Waals surface area (Å²) in [5.74, 6) is 0.652. The number of nitrogen functional groups attached to an aromatic ring is 1. The molecule has 2 N–H and O–H groups in total. The molecule has 106 valence electrons. The molecule has 0 aliphatic carbocycles. The molecule has 3 rings (SSSR count). The van der Waals surface area contributed by atoms with E-state index in [-0.39, 0.29) is 5.63 Å². The van der Waals surface area contributed by atoms with E-state index in [1.165, 1.54) is 6.07 Å². The first kappa shape index (κ1) is 13.2. The summed E-state index contributed by atoms with van der Waals surface area (Å²) in [7, 11) is 0. The second-order valence-electron chi connectivity index (χ2n) is 4.94. The molecule has 0 atom stereocenters. The Morgan fingerprint density at radius 1 is 1.14 bits per heavy atom. The monoisotopic (exact) mass is 281 g/mol. The SMILES string of the molecule is Cc1cc(=O)oc2cc(OCc3cccc(N)c3)ccc12. The van der Waals surface area contributed by atoms with Crippen LogP contribution in [0.5, 0.6) is 5.75 Å². The quantitative estimate of drug-likeness (QED) is 0.591. The maximum absolute atomic E-state index is 11.4. The van der Waals surface area contributed by atoms with Crippen LogP contribution in [0.25, 0.3) is 11.0 Å². The van der Waals surface area contributed by atoms with Crippen molar-refractivity contribution < 1.29 is 9.15 Å². The first-order chi connectivity index (χ1) is 10.1. The van der Waals surface area contributed by atoms with E-state index in [4.69, 9.17) is 14.9 Å². The zero-order chi connectivity index (χ0) is 14.8. The van der Waals surface area contributed by atoms with Gasteiger partial charge in [-0.3, -0.25) is 0 Å². The van der Waals surface area contributed by atoms with Crippen molar-refractivity contribution in [2.75, 3.05) is 5.73 Å². The van der Waals surface area contributed by atoms with E-state index in [1.807, 2.05) is 43.3 Å². The lowest BCUT2D eigenvalue weighted by Crippen LogP contribution is -1.99. The van der Waals surface area contributed by atoms with Gasteiger partial charge in [0.2, 0.25) is 0 Å². The van der Waals surface area contributed by atoms with Gasteiger partial charge in [0.1, 0.15) is 17.9 Å². The zero-order valence-corrected chi connectivity index (χ0v) is 11.6. The summed E-state index contributed by atoms with van der Waals surface area (Å²) >= 11 is 0. The van der Waals surface area contributed by atoms with Crippen LogP contribution < -0.4 is 16.1 Å². The maximum Gasteiger partial charge on any atom is 0.336 e. The highest BCUT2D eigenvalue weighted by Gasteiger charge is 2.04. The van der Waals surface area contributed by atoms with Gasteiger partial charge in [-0.2, -0.15) is 0 Å². The summed E-state index contributed by atoms with van der Waals surface area (Å²) in [6.07, 6.45) is 0. The second-order valence-corrected chi connectivity index (χ2v) is 4.94. The van der Waals surface area contributed by atoms with E-state index in [0.29, 0.717) is 23.6 Å². The normalized spacial score (nSPS) is 10.7. The molecule has 0 fully saturated rings. The van der Waals surface area contributed by atoms with E-state index in [2.05, 4.69) is 0 Å². The average Bonchev–Trinajstić information content (AvgIpc) is 2.44. The predicted molar refractivity (Wildman–Crippen MR) is 82.4 cm³/mol.